The molecule has 1 aromatic carbocycles. The van der Waals surface area contributed by atoms with Gasteiger partial charge < -0.3 is 19.3 Å². The number of ether oxygens (including phenoxy) is 3. The van der Waals surface area contributed by atoms with Gasteiger partial charge in [0.25, 0.3) is 0 Å². The Kier molecular flexibility index (Phi) is 5.70. The molecule has 2 heterocycles. The lowest BCUT2D eigenvalue weighted by atomic mass is 9.98. The van der Waals surface area contributed by atoms with Gasteiger partial charge in [-0.25, -0.2) is 4.79 Å². The van der Waals surface area contributed by atoms with Crippen molar-refractivity contribution in [2.24, 2.45) is 0 Å². The minimum atomic E-state index is -1.01. The zero-order valence-electron chi connectivity index (χ0n) is 16.6. The number of benzene rings is 1. The number of carboxylic acid groups (broad SMARTS) is 1. The molecule has 1 N–H and O–H groups in total. The van der Waals surface area contributed by atoms with E-state index in [1.807, 2.05) is 45.0 Å². The minimum Gasteiger partial charge on any atom is -0.497 e. The summed E-state index contributed by atoms with van der Waals surface area (Å²) in [6, 6.07) is 7.89. The third kappa shape index (κ3) is 4.51. The Bertz CT molecular complexity index is 900. The van der Waals surface area contributed by atoms with Crippen LogP contribution in [0.25, 0.3) is 6.08 Å². The van der Waals surface area contributed by atoms with Crippen molar-refractivity contribution >= 4 is 12.0 Å². The number of aliphatic carboxylic acids is 1. The molecule has 1 aliphatic heterocycles. The molecule has 28 heavy (non-hydrogen) atoms. The van der Waals surface area contributed by atoms with E-state index in [1.165, 1.54) is 0 Å². The summed E-state index contributed by atoms with van der Waals surface area (Å²) >= 11 is 0. The van der Waals surface area contributed by atoms with Gasteiger partial charge in [0.2, 0.25) is 5.79 Å². The van der Waals surface area contributed by atoms with Gasteiger partial charge in [-0.05, 0) is 43.5 Å². The lowest BCUT2D eigenvalue weighted by molar-refractivity contribution is -0.180. The minimum absolute atomic E-state index is 0.348. The normalized spacial score (nSPS) is 15.1. The van der Waals surface area contributed by atoms with Gasteiger partial charge in [0, 0.05) is 36.7 Å². The van der Waals surface area contributed by atoms with Crippen LogP contribution in [0.5, 0.6) is 11.5 Å². The number of nitrogens with zero attached hydrogens (tertiary/aromatic N) is 1. The second kappa shape index (κ2) is 8.02. The number of hydrogen-bond donors (Lipinski definition) is 1. The molecule has 0 bridgehead atoms. The van der Waals surface area contributed by atoms with Crippen LogP contribution in [-0.2, 0) is 29.0 Å². The van der Waals surface area contributed by atoms with E-state index < -0.39 is 11.8 Å². The van der Waals surface area contributed by atoms with Gasteiger partial charge in [0.1, 0.15) is 11.5 Å². The number of carboxylic acids is 1. The highest BCUT2D eigenvalue weighted by atomic mass is 16.7. The molecule has 2 aromatic rings. The monoisotopic (exact) mass is 383 g/mol. The van der Waals surface area contributed by atoms with E-state index >= 15 is 0 Å². The Balaban J connectivity index is 1.94. The van der Waals surface area contributed by atoms with E-state index in [0.717, 1.165) is 46.3 Å². The second-order valence-electron chi connectivity index (χ2n) is 7.18. The summed E-state index contributed by atoms with van der Waals surface area (Å²) < 4.78 is 16.9. The maximum atomic E-state index is 11.1. The zero-order chi connectivity index (χ0) is 20.3. The first-order chi connectivity index (χ1) is 13.3. The third-order valence-corrected chi connectivity index (χ3v) is 4.66. The molecule has 0 spiro atoms. The van der Waals surface area contributed by atoms with E-state index in [9.17, 15) is 4.79 Å². The van der Waals surface area contributed by atoms with Crippen molar-refractivity contribution in [2.45, 2.75) is 46.0 Å². The van der Waals surface area contributed by atoms with Crippen molar-refractivity contribution in [1.29, 1.82) is 0 Å². The van der Waals surface area contributed by atoms with E-state index in [0.29, 0.717) is 18.8 Å². The average Bonchev–Trinajstić information content (AvgIpc) is 2.66. The van der Waals surface area contributed by atoms with Gasteiger partial charge in [-0.15, -0.1) is 0 Å². The molecule has 0 atom stereocenters. The molecular formula is C22H25NO5. The summed E-state index contributed by atoms with van der Waals surface area (Å²) in [4.78, 5) is 15.8. The van der Waals surface area contributed by atoms with Crippen LogP contribution >= 0.6 is 0 Å². The highest BCUT2D eigenvalue weighted by Gasteiger charge is 2.31. The SMILES string of the molecule is COc1ccc(CCc2nc(C)c3c(c2C=CC(=O)O)COC(C)(C)O3)cc1. The van der Waals surface area contributed by atoms with E-state index in [2.05, 4.69) is 0 Å². The van der Waals surface area contributed by atoms with Crippen LogP contribution in [0.1, 0.15) is 41.9 Å². The van der Waals surface area contributed by atoms with Crippen molar-refractivity contribution in [1.82, 2.24) is 4.98 Å². The standard InChI is InChI=1S/C22H25NO5/c1-14-21-18(13-27-22(2,3)28-21)17(10-12-20(24)25)19(23-14)11-7-15-5-8-16(26-4)9-6-15/h5-6,8-10,12H,7,11,13H2,1-4H3,(H,24,25). The van der Waals surface area contributed by atoms with Crippen molar-refractivity contribution in [2.75, 3.05) is 7.11 Å². The fraction of sp³-hybridized carbons (Fsp3) is 0.364. The van der Waals surface area contributed by atoms with Crippen LogP contribution in [0.3, 0.4) is 0 Å². The number of pyridine rings is 1. The van der Waals surface area contributed by atoms with Gasteiger partial charge in [-0.2, -0.15) is 0 Å². The molecule has 3 rings (SSSR count). The van der Waals surface area contributed by atoms with Gasteiger partial charge in [0.15, 0.2) is 0 Å². The number of aryl methyl sites for hydroxylation is 3. The van der Waals surface area contributed by atoms with Crippen LogP contribution in [0, 0.1) is 6.92 Å². The largest absolute Gasteiger partial charge is 0.497 e. The number of aromatic nitrogens is 1. The molecule has 0 saturated carbocycles. The smallest absolute Gasteiger partial charge is 0.328 e. The average molecular weight is 383 g/mol. The first-order valence-electron chi connectivity index (χ1n) is 9.18. The highest BCUT2D eigenvalue weighted by Crippen LogP contribution is 2.37. The van der Waals surface area contributed by atoms with Crippen LogP contribution < -0.4 is 9.47 Å². The molecule has 0 amide bonds. The highest BCUT2D eigenvalue weighted by molar-refractivity contribution is 5.86. The lowest BCUT2D eigenvalue weighted by Gasteiger charge is -2.34. The summed E-state index contributed by atoms with van der Waals surface area (Å²) in [5.41, 5.74) is 4.36. The van der Waals surface area contributed by atoms with Crippen molar-refractivity contribution in [3.05, 3.63) is 58.4 Å². The molecule has 1 aromatic heterocycles. The van der Waals surface area contributed by atoms with Gasteiger partial charge in [0.05, 0.1) is 19.4 Å². The molecule has 0 unspecified atom stereocenters. The fourth-order valence-corrected chi connectivity index (χ4v) is 3.23. The predicted molar refractivity (Wildman–Crippen MR) is 106 cm³/mol. The van der Waals surface area contributed by atoms with Crippen LogP contribution in [0.15, 0.2) is 30.3 Å². The maximum Gasteiger partial charge on any atom is 0.328 e. The van der Waals surface area contributed by atoms with E-state index in [-0.39, 0.29) is 0 Å². The summed E-state index contributed by atoms with van der Waals surface area (Å²) in [6.07, 6.45) is 4.16. The zero-order valence-corrected chi connectivity index (χ0v) is 16.6. The van der Waals surface area contributed by atoms with Crippen molar-refractivity contribution in [3.8, 4) is 11.5 Å². The number of hydrogen-bond acceptors (Lipinski definition) is 5. The predicted octanol–water partition coefficient (Wildman–Crippen LogP) is 3.93. The molecule has 0 saturated heterocycles. The van der Waals surface area contributed by atoms with E-state index in [1.54, 1.807) is 13.2 Å². The quantitative estimate of drug-likeness (QED) is 0.762. The van der Waals surface area contributed by atoms with Crippen LogP contribution in [-0.4, -0.2) is 29.0 Å². The topological polar surface area (TPSA) is 77.9 Å². The molecule has 6 nitrogen and oxygen atoms in total. The summed E-state index contributed by atoms with van der Waals surface area (Å²) in [7, 11) is 1.64. The van der Waals surface area contributed by atoms with Gasteiger partial charge in [-0.1, -0.05) is 12.1 Å². The third-order valence-electron chi connectivity index (χ3n) is 4.66. The van der Waals surface area contributed by atoms with Crippen molar-refractivity contribution < 1.29 is 24.1 Å². The lowest BCUT2D eigenvalue weighted by Crippen LogP contribution is -2.36. The molecular weight excluding hydrogens is 358 g/mol. The Morgan fingerprint density at radius 2 is 2.00 bits per heavy atom. The van der Waals surface area contributed by atoms with Crippen molar-refractivity contribution in [3.63, 3.8) is 0 Å². The number of methoxy groups -OCH3 is 1. The molecule has 148 valence electrons. The first kappa shape index (κ1) is 19.9. The Labute approximate surface area is 164 Å². The Hall–Kier alpha value is -2.86. The number of rotatable bonds is 6. The van der Waals surface area contributed by atoms with E-state index in [4.69, 9.17) is 24.3 Å². The second-order valence-corrected chi connectivity index (χ2v) is 7.18. The van der Waals surface area contributed by atoms with Crippen LogP contribution in [0.4, 0.5) is 0 Å². The number of carbonyl (C=O) groups is 1. The molecule has 0 aliphatic carbocycles. The molecule has 1 aliphatic rings. The number of fused-ring (bicyclic) bond motifs is 1. The Morgan fingerprint density at radius 3 is 2.64 bits per heavy atom. The summed E-state index contributed by atoms with van der Waals surface area (Å²) in [5, 5.41) is 9.08. The van der Waals surface area contributed by atoms with Crippen LogP contribution in [0.2, 0.25) is 0 Å². The molecule has 0 radical (unpaired) electrons. The first-order valence-corrected chi connectivity index (χ1v) is 9.18. The molecule has 0 fully saturated rings. The Morgan fingerprint density at radius 1 is 1.29 bits per heavy atom. The molecule has 6 heteroatoms. The van der Waals surface area contributed by atoms with Gasteiger partial charge >= 0.3 is 5.97 Å². The fourth-order valence-electron chi connectivity index (χ4n) is 3.23. The summed E-state index contributed by atoms with van der Waals surface area (Å²) in [5.74, 6) is -0.255. The summed E-state index contributed by atoms with van der Waals surface area (Å²) in [6.45, 7) is 5.95. The maximum absolute atomic E-state index is 11.1. The van der Waals surface area contributed by atoms with Gasteiger partial charge in [-0.3, -0.25) is 4.98 Å².